The fourth-order valence-electron chi connectivity index (χ4n) is 1.72. The summed E-state index contributed by atoms with van der Waals surface area (Å²) in [6.07, 6.45) is 1.73. The lowest BCUT2D eigenvalue weighted by atomic mass is 10.2. The van der Waals surface area contributed by atoms with Gasteiger partial charge in [-0.05, 0) is 23.8 Å². The second kappa shape index (κ2) is 6.03. The van der Waals surface area contributed by atoms with Gasteiger partial charge in [0.15, 0.2) is 11.5 Å². The van der Waals surface area contributed by atoms with Crippen molar-refractivity contribution in [1.82, 2.24) is 4.90 Å². The van der Waals surface area contributed by atoms with Gasteiger partial charge in [0, 0.05) is 7.05 Å². The molecule has 0 aromatic heterocycles. The summed E-state index contributed by atoms with van der Waals surface area (Å²) in [5.74, 6) is 0.860. The predicted molar refractivity (Wildman–Crippen MR) is 85.5 cm³/mol. The summed E-state index contributed by atoms with van der Waals surface area (Å²) in [6.45, 7) is 0. The topological polar surface area (TPSA) is 38.8 Å². The number of benzene rings is 1. The number of methoxy groups -OCH3 is 2. The van der Waals surface area contributed by atoms with Crippen LogP contribution in [0.2, 0.25) is 5.02 Å². The van der Waals surface area contributed by atoms with Crippen LogP contribution in [-0.2, 0) is 4.79 Å². The van der Waals surface area contributed by atoms with Crippen molar-refractivity contribution in [3.05, 3.63) is 27.6 Å². The molecule has 0 spiro atoms. The van der Waals surface area contributed by atoms with Crippen LogP contribution >= 0.6 is 35.6 Å². The zero-order valence-corrected chi connectivity index (χ0v) is 13.5. The standard InChI is InChI=1S/C13H12ClNO3S2/c1-15-12(16)10(20-13(15)19)6-7-4-8(14)11(18-3)9(5-7)17-2/h4-6H,1-3H3. The van der Waals surface area contributed by atoms with Crippen LogP contribution in [0.25, 0.3) is 6.08 Å². The summed E-state index contributed by atoms with van der Waals surface area (Å²) in [5, 5.41) is 0.421. The first-order valence-corrected chi connectivity index (χ1v) is 7.21. The Bertz CT molecular complexity index is 616. The Morgan fingerprint density at radius 3 is 2.55 bits per heavy atom. The van der Waals surface area contributed by atoms with Crippen molar-refractivity contribution >= 4 is 51.9 Å². The maximum atomic E-state index is 11.9. The molecule has 0 N–H and O–H groups in total. The largest absolute Gasteiger partial charge is 0.493 e. The number of amides is 1. The Morgan fingerprint density at radius 1 is 1.35 bits per heavy atom. The number of likely N-dealkylation sites (N-methyl/N-ethyl adjacent to an activating group) is 1. The van der Waals surface area contributed by atoms with Gasteiger partial charge in [-0.25, -0.2) is 0 Å². The third-order valence-electron chi connectivity index (χ3n) is 2.74. The number of nitrogens with zero attached hydrogens (tertiary/aromatic N) is 1. The van der Waals surface area contributed by atoms with Gasteiger partial charge < -0.3 is 9.47 Å². The van der Waals surface area contributed by atoms with Gasteiger partial charge in [0.1, 0.15) is 4.32 Å². The molecule has 1 fully saturated rings. The molecule has 0 unspecified atom stereocenters. The summed E-state index contributed by atoms with van der Waals surface area (Å²) in [4.78, 5) is 13.9. The molecule has 106 valence electrons. The highest BCUT2D eigenvalue weighted by Crippen LogP contribution is 2.38. The van der Waals surface area contributed by atoms with E-state index in [1.165, 1.54) is 30.9 Å². The van der Waals surface area contributed by atoms with Crippen LogP contribution < -0.4 is 9.47 Å². The van der Waals surface area contributed by atoms with E-state index in [2.05, 4.69) is 0 Å². The van der Waals surface area contributed by atoms with E-state index in [0.29, 0.717) is 25.7 Å². The number of thioether (sulfide) groups is 1. The number of hydrogen-bond donors (Lipinski definition) is 0. The van der Waals surface area contributed by atoms with E-state index in [1.54, 1.807) is 25.3 Å². The zero-order chi connectivity index (χ0) is 14.9. The average molecular weight is 330 g/mol. The number of rotatable bonds is 3. The fourth-order valence-corrected chi connectivity index (χ4v) is 3.19. The van der Waals surface area contributed by atoms with Gasteiger partial charge in [0.2, 0.25) is 0 Å². The highest BCUT2D eigenvalue weighted by Gasteiger charge is 2.28. The van der Waals surface area contributed by atoms with E-state index in [4.69, 9.17) is 33.3 Å². The third-order valence-corrected chi connectivity index (χ3v) is 4.51. The summed E-state index contributed by atoms with van der Waals surface area (Å²) in [6, 6.07) is 3.47. The third kappa shape index (κ3) is 2.77. The van der Waals surface area contributed by atoms with Crippen molar-refractivity contribution in [3.63, 3.8) is 0 Å². The van der Waals surface area contributed by atoms with Crippen molar-refractivity contribution < 1.29 is 14.3 Å². The minimum absolute atomic E-state index is 0.120. The number of hydrogen-bond acceptors (Lipinski definition) is 5. The smallest absolute Gasteiger partial charge is 0.265 e. The molecule has 1 aromatic rings. The van der Waals surface area contributed by atoms with E-state index < -0.39 is 0 Å². The zero-order valence-electron chi connectivity index (χ0n) is 11.1. The second-order valence-electron chi connectivity index (χ2n) is 3.98. The number of halogens is 1. The Hall–Kier alpha value is -1.24. The van der Waals surface area contributed by atoms with Gasteiger partial charge >= 0.3 is 0 Å². The number of carbonyl (C=O) groups excluding carboxylic acids is 1. The molecule has 1 heterocycles. The second-order valence-corrected chi connectivity index (χ2v) is 6.06. The number of carbonyl (C=O) groups is 1. The normalized spacial score (nSPS) is 17.0. The molecule has 2 rings (SSSR count). The molecule has 20 heavy (non-hydrogen) atoms. The SMILES string of the molecule is COc1cc(C=C2SC(=S)N(C)C2=O)cc(Cl)c1OC. The molecule has 1 aliphatic heterocycles. The fraction of sp³-hybridized carbons (Fsp3) is 0.231. The maximum absolute atomic E-state index is 11.9. The Morgan fingerprint density at radius 2 is 2.05 bits per heavy atom. The average Bonchev–Trinajstić information content (AvgIpc) is 2.65. The van der Waals surface area contributed by atoms with Crippen molar-refractivity contribution in [2.75, 3.05) is 21.3 Å². The van der Waals surface area contributed by atoms with E-state index in [0.717, 1.165) is 5.56 Å². The molecular formula is C13H12ClNO3S2. The van der Waals surface area contributed by atoms with Crippen LogP contribution in [0.4, 0.5) is 0 Å². The predicted octanol–water partition coefficient (Wildman–Crippen LogP) is 3.19. The first-order valence-electron chi connectivity index (χ1n) is 5.61. The molecular weight excluding hydrogens is 318 g/mol. The summed E-state index contributed by atoms with van der Waals surface area (Å²) >= 11 is 12.5. The summed E-state index contributed by atoms with van der Waals surface area (Å²) in [5.41, 5.74) is 0.751. The van der Waals surface area contributed by atoms with Crippen LogP contribution in [-0.4, -0.2) is 36.4 Å². The Labute approximate surface area is 131 Å². The Balaban J connectivity index is 2.42. The van der Waals surface area contributed by atoms with Gasteiger partial charge in [0.25, 0.3) is 5.91 Å². The minimum atomic E-state index is -0.120. The van der Waals surface area contributed by atoms with E-state index >= 15 is 0 Å². The molecule has 0 aliphatic carbocycles. The monoisotopic (exact) mass is 329 g/mol. The molecule has 1 amide bonds. The Kier molecular flexibility index (Phi) is 4.57. The van der Waals surface area contributed by atoms with Crippen molar-refractivity contribution in [3.8, 4) is 11.5 Å². The number of ether oxygens (including phenoxy) is 2. The lowest BCUT2D eigenvalue weighted by Gasteiger charge is -2.10. The van der Waals surface area contributed by atoms with Crippen LogP contribution in [0.1, 0.15) is 5.56 Å². The molecule has 0 bridgehead atoms. The van der Waals surface area contributed by atoms with Gasteiger partial charge in [-0.2, -0.15) is 0 Å². The first-order chi connectivity index (χ1) is 9.47. The lowest BCUT2D eigenvalue weighted by molar-refractivity contribution is -0.121. The quantitative estimate of drug-likeness (QED) is 0.629. The first kappa shape index (κ1) is 15.2. The maximum Gasteiger partial charge on any atom is 0.265 e. The summed E-state index contributed by atoms with van der Waals surface area (Å²) in [7, 11) is 4.70. The van der Waals surface area contributed by atoms with Gasteiger partial charge in [-0.3, -0.25) is 9.69 Å². The summed E-state index contributed by atoms with van der Waals surface area (Å²) < 4.78 is 10.9. The molecule has 1 aliphatic rings. The van der Waals surface area contributed by atoms with Crippen LogP contribution in [0, 0.1) is 0 Å². The minimum Gasteiger partial charge on any atom is -0.493 e. The molecule has 1 saturated heterocycles. The van der Waals surface area contributed by atoms with Crippen LogP contribution in [0.15, 0.2) is 17.0 Å². The molecule has 4 nitrogen and oxygen atoms in total. The van der Waals surface area contributed by atoms with Crippen molar-refractivity contribution in [2.24, 2.45) is 0 Å². The van der Waals surface area contributed by atoms with E-state index in [9.17, 15) is 4.79 Å². The molecule has 0 saturated carbocycles. The van der Waals surface area contributed by atoms with E-state index in [-0.39, 0.29) is 5.91 Å². The molecule has 0 atom stereocenters. The van der Waals surface area contributed by atoms with Crippen molar-refractivity contribution in [2.45, 2.75) is 0 Å². The van der Waals surface area contributed by atoms with Gasteiger partial charge in [-0.1, -0.05) is 35.6 Å². The molecule has 0 radical (unpaired) electrons. The molecule has 1 aromatic carbocycles. The van der Waals surface area contributed by atoms with Crippen molar-refractivity contribution in [1.29, 1.82) is 0 Å². The lowest BCUT2D eigenvalue weighted by Crippen LogP contribution is -2.22. The van der Waals surface area contributed by atoms with Crippen LogP contribution in [0.5, 0.6) is 11.5 Å². The van der Waals surface area contributed by atoms with Crippen LogP contribution in [0.3, 0.4) is 0 Å². The van der Waals surface area contributed by atoms with Gasteiger partial charge in [-0.15, -0.1) is 0 Å². The molecule has 7 heteroatoms. The van der Waals surface area contributed by atoms with Gasteiger partial charge in [0.05, 0.1) is 24.1 Å². The highest BCUT2D eigenvalue weighted by atomic mass is 35.5. The van der Waals surface area contributed by atoms with E-state index in [1.807, 2.05) is 0 Å². The number of thiocarbonyl (C=S) groups is 1. The highest BCUT2D eigenvalue weighted by molar-refractivity contribution is 8.26.